The highest BCUT2D eigenvalue weighted by molar-refractivity contribution is 5.93. The molecule has 4 rings (SSSR count). The zero-order valence-electron chi connectivity index (χ0n) is 18.8. The average Bonchev–Trinajstić information content (AvgIpc) is 3.16. The fourth-order valence-electron chi connectivity index (χ4n) is 3.78. The van der Waals surface area contributed by atoms with Crippen LogP contribution in [0.1, 0.15) is 33.7 Å². The van der Waals surface area contributed by atoms with Gasteiger partial charge in [-0.15, -0.1) is 0 Å². The molecule has 0 aliphatic heterocycles. The lowest BCUT2D eigenvalue weighted by atomic mass is 10.1. The van der Waals surface area contributed by atoms with Crippen molar-refractivity contribution in [1.82, 2.24) is 19.4 Å². The third-order valence-electron chi connectivity index (χ3n) is 5.72. The Morgan fingerprint density at radius 1 is 1.03 bits per heavy atom. The second-order valence-corrected chi connectivity index (χ2v) is 7.97. The molecular weight excluding hydrogens is 400 g/mol. The smallest absolute Gasteiger partial charge is 0.254 e. The third kappa shape index (κ3) is 4.64. The molecule has 0 aliphatic carbocycles. The molecule has 0 N–H and O–H groups in total. The van der Waals surface area contributed by atoms with Crippen LogP contribution in [0.25, 0.3) is 11.0 Å². The number of aryl methyl sites for hydroxylation is 2. The summed E-state index contributed by atoms with van der Waals surface area (Å²) in [6, 6.07) is 17.7. The Kier molecular flexibility index (Phi) is 6.50. The molecule has 0 saturated heterocycles. The second kappa shape index (κ2) is 9.64. The predicted octanol–water partition coefficient (Wildman–Crippen LogP) is 4.79. The number of carbonyl (C=O) groups is 1. The van der Waals surface area contributed by atoms with E-state index in [-0.39, 0.29) is 5.91 Å². The van der Waals surface area contributed by atoms with Crippen molar-refractivity contribution >= 4 is 16.9 Å². The van der Waals surface area contributed by atoms with Crippen molar-refractivity contribution in [2.75, 3.05) is 13.7 Å². The van der Waals surface area contributed by atoms with Crippen LogP contribution in [0.15, 0.2) is 67.0 Å². The summed E-state index contributed by atoms with van der Waals surface area (Å²) in [4.78, 5) is 23.3. The first-order chi connectivity index (χ1) is 15.5. The first-order valence-electron chi connectivity index (χ1n) is 10.8. The Morgan fingerprint density at radius 2 is 1.81 bits per heavy atom. The summed E-state index contributed by atoms with van der Waals surface area (Å²) in [5.41, 5.74) is 5.03. The SMILES string of the molecule is Cc1cccc(OCCCn2c(CN(C)C(=O)c3ccncc3)nc3ccccc32)c1C. The van der Waals surface area contributed by atoms with Crippen LogP contribution in [0.4, 0.5) is 0 Å². The van der Waals surface area contributed by atoms with E-state index in [0.717, 1.165) is 35.6 Å². The van der Waals surface area contributed by atoms with Gasteiger partial charge in [0.2, 0.25) is 0 Å². The van der Waals surface area contributed by atoms with Crippen molar-refractivity contribution in [1.29, 1.82) is 0 Å². The Morgan fingerprint density at radius 3 is 2.62 bits per heavy atom. The molecular formula is C26H28N4O2. The largest absolute Gasteiger partial charge is 0.493 e. The van der Waals surface area contributed by atoms with Gasteiger partial charge in [-0.25, -0.2) is 4.98 Å². The molecule has 4 aromatic rings. The number of rotatable bonds is 8. The van der Waals surface area contributed by atoms with E-state index in [1.807, 2.05) is 30.3 Å². The van der Waals surface area contributed by atoms with Crippen LogP contribution < -0.4 is 4.74 Å². The Balaban J connectivity index is 1.48. The summed E-state index contributed by atoms with van der Waals surface area (Å²) in [6.07, 6.45) is 4.10. The molecule has 32 heavy (non-hydrogen) atoms. The number of carbonyl (C=O) groups excluding carboxylic acids is 1. The number of ether oxygens (including phenoxy) is 1. The number of imidazole rings is 1. The molecule has 0 spiro atoms. The highest BCUT2D eigenvalue weighted by Crippen LogP contribution is 2.22. The molecule has 0 unspecified atom stereocenters. The third-order valence-corrected chi connectivity index (χ3v) is 5.72. The van der Waals surface area contributed by atoms with Crippen molar-refractivity contribution in [2.24, 2.45) is 0 Å². The lowest BCUT2D eigenvalue weighted by molar-refractivity contribution is 0.0780. The second-order valence-electron chi connectivity index (χ2n) is 7.97. The number of nitrogens with zero attached hydrogens (tertiary/aromatic N) is 4. The summed E-state index contributed by atoms with van der Waals surface area (Å²) in [7, 11) is 1.80. The van der Waals surface area contributed by atoms with E-state index in [2.05, 4.69) is 35.5 Å². The van der Waals surface area contributed by atoms with Crippen LogP contribution in [0.5, 0.6) is 5.75 Å². The van der Waals surface area contributed by atoms with Crippen molar-refractivity contribution in [3.05, 3.63) is 89.5 Å². The van der Waals surface area contributed by atoms with E-state index in [1.165, 1.54) is 11.1 Å². The lowest BCUT2D eigenvalue weighted by Gasteiger charge is -2.18. The van der Waals surface area contributed by atoms with Gasteiger partial charge in [-0.05, 0) is 61.7 Å². The van der Waals surface area contributed by atoms with E-state index < -0.39 is 0 Å². The molecule has 0 fully saturated rings. The van der Waals surface area contributed by atoms with Gasteiger partial charge in [0, 0.05) is 31.5 Å². The fourth-order valence-corrected chi connectivity index (χ4v) is 3.78. The monoisotopic (exact) mass is 428 g/mol. The minimum Gasteiger partial charge on any atom is -0.493 e. The van der Waals surface area contributed by atoms with Crippen LogP contribution >= 0.6 is 0 Å². The quantitative estimate of drug-likeness (QED) is 0.379. The number of aromatic nitrogens is 3. The van der Waals surface area contributed by atoms with Gasteiger partial charge in [-0.1, -0.05) is 24.3 Å². The minimum absolute atomic E-state index is 0.0516. The topological polar surface area (TPSA) is 60.2 Å². The van der Waals surface area contributed by atoms with Crippen molar-refractivity contribution in [2.45, 2.75) is 33.4 Å². The number of amides is 1. The summed E-state index contributed by atoms with van der Waals surface area (Å²) in [5.74, 6) is 1.75. The highest BCUT2D eigenvalue weighted by atomic mass is 16.5. The molecule has 0 aliphatic rings. The summed E-state index contributed by atoms with van der Waals surface area (Å²) in [6.45, 7) is 5.98. The van der Waals surface area contributed by atoms with Gasteiger partial charge < -0.3 is 14.2 Å². The van der Waals surface area contributed by atoms with Gasteiger partial charge in [0.05, 0.1) is 24.2 Å². The molecule has 1 amide bonds. The molecule has 2 aromatic carbocycles. The van der Waals surface area contributed by atoms with Crippen LogP contribution in [-0.4, -0.2) is 39.0 Å². The number of benzene rings is 2. The van der Waals surface area contributed by atoms with Crippen molar-refractivity contribution in [3.63, 3.8) is 0 Å². The van der Waals surface area contributed by atoms with E-state index in [4.69, 9.17) is 9.72 Å². The maximum atomic E-state index is 12.8. The molecule has 0 radical (unpaired) electrons. The van der Waals surface area contributed by atoms with E-state index >= 15 is 0 Å². The number of pyridine rings is 1. The minimum atomic E-state index is -0.0516. The zero-order chi connectivity index (χ0) is 22.5. The van der Waals surface area contributed by atoms with Gasteiger partial charge in [0.1, 0.15) is 11.6 Å². The standard InChI is InChI=1S/C26H28N4O2/c1-19-8-6-11-24(20(19)2)32-17-7-16-30-23-10-5-4-9-22(23)28-25(30)18-29(3)26(31)21-12-14-27-15-13-21/h4-6,8-15H,7,16-18H2,1-3H3. The predicted molar refractivity (Wildman–Crippen MR) is 126 cm³/mol. The number of fused-ring (bicyclic) bond motifs is 1. The highest BCUT2D eigenvalue weighted by Gasteiger charge is 2.17. The molecule has 0 atom stereocenters. The Labute approximate surface area is 188 Å². The first kappa shape index (κ1) is 21.6. The Hall–Kier alpha value is -3.67. The zero-order valence-corrected chi connectivity index (χ0v) is 18.8. The van der Waals surface area contributed by atoms with Crippen molar-refractivity contribution in [3.8, 4) is 5.75 Å². The van der Waals surface area contributed by atoms with Gasteiger partial charge in [-0.3, -0.25) is 9.78 Å². The Bertz CT molecular complexity index is 1220. The average molecular weight is 429 g/mol. The molecule has 2 heterocycles. The van der Waals surface area contributed by atoms with Gasteiger partial charge in [-0.2, -0.15) is 0 Å². The van der Waals surface area contributed by atoms with Crippen LogP contribution in [0, 0.1) is 13.8 Å². The maximum Gasteiger partial charge on any atom is 0.254 e. The first-order valence-corrected chi connectivity index (χ1v) is 10.8. The van der Waals surface area contributed by atoms with Gasteiger partial charge in [0.25, 0.3) is 5.91 Å². The summed E-state index contributed by atoms with van der Waals surface area (Å²) >= 11 is 0. The molecule has 6 nitrogen and oxygen atoms in total. The van der Waals surface area contributed by atoms with Crippen molar-refractivity contribution < 1.29 is 9.53 Å². The molecule has 6 heteroatoms. The summed E-state index contributed by atoms with van der Waals surface area (Å²) in [5, 5.41) is 0. The molecule has 164 valence electrons. The summed E-state index contributed by atoms with van der Waals surface area (Å²) < 4.78 is 8.23. The van der Waals surface area contributed by atoms with E-state index in [0.29, 0.717) is 18.7 Å². The maximum absolute atomic E-state index is 12.8. The van der Waals surface area contributed by atoms with Crippen LogP contribution in [-0.2, 0) is 13.1 Å². The fraction of sp³-hybridized carbons (Fsp3) is 0.269. The molecule has 0 saturated carbocycles. The van der Waals surface area contributed by atoms with Crippen LogP contribution in [0.3, 0.4) is 0 Å². The molecule has 2 aromatic heterocycles. The number of hydrogen-bond donors (Lipinski definition) is 0. The van der Waals surface area contributed by atoms with Gasteiger partial charge in [0.15, 0.2) is 0 Å². The lowest BCUT2D eigenvalue weighted by Crippen LogP contribution is -2.28. The normalized spacial score (nSPS) is 11.0. The van der Waals surface area contributed by atoms with Gasteiger partial charge >= 0.3 is 0 Å². The molecule has 0 bridgehead atoms. The van der Waals surface area contributed by atoms with E-state index in [9.17, 15) is 4.79 Å². The number of hydrogen-bond acceptors (Lipinski definition) is 4. The van der Waals surface area contributed by atoms with Crippen LogP contribution in [0.2, 0.25) is 0 Å². The number of para-hydroxylation sites is 2. The van der Waals surface area contributed by atoms with E-state index in [1.54, 1.807) is 36.5 Å².